The van der Waals surface area contributed by atoms with Crippen LogP contribution in [0.2, 0.25) is 0 Å². The standard InChI is InChI=1S/C18H27NO3/c1-2-6-17-12-15(9-10-22-17)18(21)19-13-16(20)11-14-7-4-3-5-8-14/h3-5,7-8,15-17,20H,2,6,9-13H2,1H3,(H,19,21). The van der Waals surface area contributed by atoms with E-state index < -0.39 is 6.10 Å². The second kappa shape index (κ2) is 8.91. The molecule has 1 amide bonds. The Morgan fingerprint density at radius 2 is 2.18 bits per heavy atom. The molecule has 122 valence electrons. The summed E-state index contributed by atoms with van der Waals surface area (Å²) < 4.78 is 5.67. The molecule has 4 nitrogen and oxygen atoms in total. The summed E-state index contributed by atoms with van der Waals surface area (Å²) in [6.45, 7) is 3.10. The molecule has 1 heterocycles. The van der Waals surface area contributed by atoms with E-state index in [0.717, 1.165) is 31.2 Å². The number of carbonyl (C=O) groups excluding carboxylic acids is 1. The zero-order valence-corrected chi connectivity index (χ0v) is 13.3. The molecule has 1 aliphatic rings. The van der Waals surface area contributed by atoms with Crippen molar-refractivity contribution in [1.29, 1.82) is 0 Å². The van der Waals surface area contributed by atoms with E-state index >= 15 is 0 Å². The fourth-order valence-corrected chi connectivity index (χ4v) is 2.96. The maximum Gasteiger partial charge on any atom is 0.223 e. The molecule has 0 aromatic heterocycles. The minimum absolute atomic E-state index is 0.0224. The quantitative estimate of drug-likeness (QED) is 0.812. The van der Waals surface area contributed by atoms with Crippen LogP contribution in [0.3, 0.4) is 0 Å². The SMILES string of the molecule is CCCC1CC(C(=O)NCC(O)Cc2ccccc2)CCO1. The third-order valence-corrected chi connectivity index (χ3v) is 4.17. The Labute approximate surface area is 132 Å². The van der Waals surface area contributed by atoms with E-state index in [2.05, 4.69) is 12.2 Å². The summed E-state index contributed by atoms with van der Waals surface area (Å²) in [6, 6.07) is 9.83. The molecule has 1 fully saturated rings. The van der Waals surface area contributed by atoms with Gasteiger partial charge in [0.15, 0.2) is 0 Å². The number of carbonyl (C=O) groups is 1. The van der Waals surface area contributed by atoms with Gasteiger partial charge in [0, 0.05) is 25.5 Å². The summed E-state index contributed by atoms with van der Waals surface area (Å²) in [5, 5.41) is 12.9. The molecule has 1 aliphatic heterocycles. The Morgan fingerprint density at radius 3 is 2.91 bits per heavy atom. The van der Waals surface area contributed by atoms with Gasteiger partial charge in [0.1, 0.15) is 0 Å². The summed E-state index contributed by atoms with van der Waals surface area (Å²) in [5.41, 5.74) is 1.08. The largest absolute Gasteiger partial charge is 0.391 e. The molecule has 2 N–H and O–H groups in total. The van der Waals surface area contributed by atoms with Crippen molar-refractivity contribution in [2.75, 3.05) is 13.2 Å². The molecule has 4 heteroatoms. The number of amides is 1. The van der Waals surface area contributed by atoms with Crippen LogP contribution >= 0.6 is 0 Å². The molecular weight excluding hydrogens is 278 g/mol. The number of aliphatic hydroxyl groups excluding tert-OH is 1. The van der Waals surface area contributed by atoms with Gasteiger partial charge in [-0.1, -0.05) is 43.7 Å². The van der Waals surface area contributed by atoms with Crippen LogP contribution in [0.5, 0.6) is 0 Å². The summed E-state index contributed by atoms with van der Waals surface area (Å²) >= 11 is 0. The molecule has 0 aliphatic carbocycles. The minimum Gasteiger partial charge on any atom is -0.391 e. The van der Waals surface area contributed by atoms with Crippen molar-refractivity contribution in [3.05, 3.63) is 35.9 Å². The average Bonchev–Trinajstić information content (AvgIpc) is 2.54. The van der Waals surface area contributed by atoms with E-state index in [1.54, 1.807) is 0 Å². The van der Waals surface area contributed by atoms with Gasteiger partial charge in [0.05, 0.1) is 12.2 Å². The van der Waals surface area contributed by atoms with Gasteiger partial charge in [-0.2, -0.15) is 0 Å². The Bertz CT molecular complexity index is 447. The van der Waals surface area contributed by atoms with Crippen molar-refractivity contribution in [2.24, 2.45) is 5.92 Å². The molecule has 1 aromatic carbocycles. The zero-order chi connectivity index (χ0) is 15.8. The van der Waals surface area contributed by atoms with Gasteiger partial charge in [-0.3, -0.25) is 4.79 Å². The van der Waals surface area contributed by atoms with Crippen molar-refractivity contribution in [3.8, 4) is 0 Å². The molecule has 0 bridgehead atoms. The second-order valence-electron chi connectivity index (χ2n) is 6.09. The summed E-state index contributed by atoms with van der Waals surface area (Å²) in [7, 11) is 0. The monoisotopic (exact) mass is 305 g/mol. The van der Waals surface area contributed by atoms with Gasteiger partial charge in [0.2, 0.25) is 5.91 Å². The van der Waals surface area contributed by atoms with Gasteiger partial charge in [-0.15, -0.1) is 0 Å². The van der Waals surface area contributed by atoms with Crippen LogP contribution in [0.4, 0.5) is 0 Å². The number of nitrogens with one attached hydrogen (secondary N) is 1. The fraction of sp³-hybridized carbons (Fsp3) is 0.611. The third kappa shape index (κ3) is 5.43. The molecule has 1 saturated heterocycles. The second-order valence-corrected chi connectivity index (χ2v) is 6.09. The number of ether oxygens (including phenoxy) is 1. The smallest absolute Gasteiger partial charge is 0.223 e. The molecule has 1 aromatic rings. The van der Waals surface area contributed by atoms with Crippen LogP contribution in [0, 0.1) is 5.92 Å². The topological polar surface area (TPSA) is 58.6 Å². The fourth-order valence-electron chi connectivity index (χ4n) is 2.96. The molecule has 0 radical (unpaired) electrons. The number of aliphatic hydroxyl groups is 1. The molecule has 3 unspecified atom stereocenters. The minimum atomic E-state index is -0.544. The Balaban J connectivity index is 1.72. The van der Waals surface area contributed by atoms with Gasteiger partial charge < -0.3 is 15.2 Å². The van der Waals surface area contributed by atoms with E-state index in [1.165, 1.54) is 0 Å². The van der Waals surface area contributed by atoms with Crippen molar-refractivity contribution >= 4 is 5.91 Å². The molecule has 3 atom stereocenters. The molecular formula is C18H27NO3. The lowest BCUT2D eigenvalue weighted by molar-refractivity contribution is -0.130. The normalized spacial score (nSPS) is 23.0. The maximum atomic E-state index is 12.2. The van der Waals surface area contributed by atoms with E-state index in [-0.39, 0.29) is 17.9 Å². The number of rotatable bonds is 7. The van der Waals surface area contributed by atoms with Crippen LogP contribution in [-0.4, -0.2) is 36.4 Å². The van der Waals surface area contributed by atoms with E-state index in [1.807, 2.05) is 30.3 Å². The van der Waals surface area contributed by atoms with Crippen LogP contribution in [0.25, 0.3) is 0 Å². The van der Waals surface area contributed by atoms with Crippen molar-refractivity contribution < 1.29 is 14.6 Å². The third-order valence-electron chi connectivity index (χ3n) is 4.17. The summed E-state index contributed by atoms with van der Waals surface area (Å²) in [6.07, 6.45) is 3.90. The molecule has 2 rings (SSSR count). The predicted molar refractivity (Wildman–Crippen MR) is 86.5 cm³/mol. The lowest BCUT2D eigenvalue weighted by Gasteiger charge is -2.29. The van der Waals surface area contributed by atoms with Gasteiger partial charge in [-0.25, -0.2) is 0 Å². The van der Waals surface area contributed by atoms with Crippen molar-refractivity contribution in [2.45, 2.75) is 51.2 Å². The van der Waals surface area contributed by atoms with Crippen LogP contribution < -0.4 is 5.32 Å². The maximum absolute atomic E-state index is 12.2. The van der Waals surface area contributed by atoms with Gasteiger partial charge in [-0.05, 0) is 24.8 Å². The first-order chi connectivity index (χ1) is 10.7. The summed E-state index contributed by atoms with van der Waals surface area (Å²) in [4.78, 5) is 12.2. The molecule has 0 saturated carbocycles. The predicted octanol–water partition coefficient (Wildman–Crippen LogP) is 2.30. The highest BCUT2D eigenvalue weighted by molar-refractivity contribution is 5.78. The highest BCUT2D eigenvalue weighted by Gasteiger charge is 2.27. The first-order valence-electron chi connectivity index (χ1n) is 8.30. The van der Waals surface area contributed by atoms with Crippen LogP contribution in [-0.2, 0) is 16.0 Å². The van der Waals surface area contributed by atoms with E-state index in [9.17, 15) is 9.90 Å². The lowest BCUT2D eigenvalue weighted by atomic mass is 9.92. The lowest BCUT2D eigenvalue weighted by Crippen LogP contribution is -2.40. The first kappa shape index (κ1) is 17.0. The van der Waals surface area contributed by atoms with Crippen LogP contribution in [0.15, 0.2) is 30.3 Å². The van der Waals surface area contributed by atoms with Gasteiger partial charge in [0.25, 0.3) is 0 Å². The average molecular weight is 305 g/mol. The van der Waals surface area contributed by atoms with Crippen molar-refractivity contribution in [1.82, 2.24) is 5.32 Å². The van der Waals surface area contributed by atoms with E-state index in [4.69, 9.17) is 4.74 Å². The molecule has 0 spiro atoms. The first-order valence-corrected chi connectivity index (χ1v) is 8.30. The zero-order valence-electron chi connectivity index (χ0n) is 13.3. The number of hydrogen-bond acceptors (Lipinski definition) is 3. The Hall–Kier alpha value is -1.39. The van der Waals surface area contributed by atoms with Crippen molar-refractivity contribution in [3.63, 3.8) is 0 Å². The summed E-state index contributed by atoms with van der Waals surface area (Å²) in [5.74, 6) is 0.0748. The number of hydrogen-bond donors (Lipinski definition) is 2. The van der Waals surface area contributed by atoms with Gasteiger partial charge >= 0.3 is 0 Å². The molecule has 22 heavy (non-hydrogen) atoms. The number of benzene rings is 1. The highest BCUT2D eigenvalue weighted by Crippen LogP contribution is 2.23. The van der Waals surface area contributed by atoms with Crippen LogP contribution in [0.1, 0.15) is 38.2 Å². The Kier molecular flexibility index (Phi) is 6.87. The van der Waals surface area contributed by atoms with E-state index in [0.29, 0.717) is 19.6 Å². The highest BCUT2D eigenvalue weighted by atomic mass is 16.5. The Morgan fingerprint density at radius 1 is 1.41 bits per heavy atom.